The van der Waals surface area contributed by atoms with E-state index in [0.29, 0.717) is 11.4 Å². The van der Waals surface area contributed by atoms with Crippen molar-refractivity contribution in [2.24, 2.45) is 5.73 Å². The molecule has 0 spiro atoms. The van der Waals surface area contributed by atoms with Gasteiger partial charge in [-0.2, -0.15) is 0 Å². The summed E-state index contributed by atoms with van der Waals surface area (Å²) in [6, 6.07) is 17.7. The van der Waals surface area contributed by atoms with E-state index >= 15 is 0 Å². The summed E-state index contributed by atoms with van der Waals surface area (Å²) in [7, 11) is 0. The number of nitrogens with two attached hydrogens (primary N) is 1. The second-order valence-electron chi connectivity index (χ2n) is 6.75. The molecule has 1 amide bonds. The molecular weight excluding hydrogens is 354 g/mol. The van der Waals surface area contributed by atoms with Gasteiger partial charge in [-0.3, -0.25) is 9.69 Å². The third-order valence-corrected chi connectivity index (χ3v) is 4.73. The first-order valence-corrected chi connectivity index (χ1v) is 9.30. The molecule has 0 saturated carbocycles. The molecule has 7 nitrogen and oxygen atoms in total. The lowest BCUT2D eigenvalue weighted by Gasteiger charge is -2.26. The number of nitrogens with zero attached hydrogens (tertiary/aromatic N) is 3. The van der Waals surface area contributed by atoms with Gasteiger partial charge in [0.1, 0.15) is 5.56 Å². The molecule has 4 rings (SSSR count). The van der Waals surface area contributed by atoms with Gasteiger partial charge in [-0.05, 0) is 29.8 Å². The Hall–Kier alpha value is -3.16. The van der Waals surface area contributed by atoms with E-state index in [1.54, 1.807) is 10.9 Å². The normalized spacial score (nSPS) is 14.7. The monoisotopic (exact) mass is 377 g/mol. The first-order chi connectivity index (χ1) is 13.7. The molecule has 7 heteroatoms. The highest BCUT2D eigenvalue weighted by atomic mass is 16.5. The topological polar surface area (TPSA) is 85.4 Å². The van der Waals surface area contributed by atoms with Crippen LogP contribution in [0, 0.1) is 0 Å². The minimum Gasteiger partial charge on any atom is -0.379 e. The lowest BCUT2D eigenvalue weighted by Crippen LogP contribution is -2.35. The van der Waals surface area contributed by atoms with Gasteiger partial charge in [0.25, 0.3) is 5.91 Å². The minimum atomic E-state index is -0.520. The average Bonchev–Trinajstić information content (AvgIpc) is 3.15. The van der Waals surface area contributed by atoms with Gasteiger partial charge in [-0.25, -0.2) is 4.68 Å². The van der Waals surface area contributed by atoms with Gasteiger partial charge < -0.3 is 15.8 Å². The zero-order valence-electron chi connectivity index (χ0n) is 15.5. The fourth-order valence-corrected chi connectivity index (χ4v) is 3.21. The number of para-hydroxylation sites is 1. The SMILES string of the molecule is NC(=O)c1cn(-c2ccccc2)nc1Nc1ccc(CN2CCOCC2)cc1. The average molecular weight is 377 g/mol. The quantitative estimate of drug-likeness (QED) is 0.690. The third-order valence-electron chi connectivity index (χ3n) is 4.73. The van der Waals surface area contributed by atoms with Crippen LogP contribution in [0.15, 0.2) is 60.8 Å². The van der Waals surface area contributed by atoms with Crippen LogP contribution in [0.2, 0.25) is 0 Å². The van der Waals surface area contributed by atoms with E-state index in [4.69, 9.17) is 10.5 Å². The molecule has 1 aromatic heterocycles. The lowest BCUT2D eigenvalue weighted by atomic mass is 10.2. The number of morpholine rings is 1. The van der Waals surface area contributed by atoms with Crippen molar-refractivity contribution in [2.45, 2.75) is 6.54 Å². The Morgan fingerprint density at radius 3 is 2.46 bits per heavy atom. The molecule has 2 aromatic carbocycles. The second-order valence-corrected chi connectivity index (χ2v) is 6.75. The van der Waals surface area contributed by atoms with E-state index < -0.39 is 5.91 Å². The molecule has 0 aliphatic carbocycles. The van der Waals surface area contributed by atoms with Gasteiger partial charge >= 0.3 is 0 Å². The predicted octanol–water partition coefficient (Wildman–Crippen LogP) is 2.55. The molecule has 0 unspecified atom stereocenters. The number of rotatable bonds is 6. The third kappa shape index (κ3) is 4.21. The summed E-state index contributed by atoms with van der Waals surface area (Å²) in [5.41, 5.74) is 8.84. The van der Waals surface area contributed by atoms with Crippen molar-refractivity contribution in [3.63, 3.8) is 0 Å². The molecule has 1 fully saturated rings. The first kappa shape index (κ1) is 18.2. The Kier molecular flexibility index (Phi) is 5.36. The number of primary amides is 1. The van der Waals surface area contributed by atoms with Gasteiger partial charge in [0.2, 0.25) is 0 Å². The number of carbonyl (C=O) groups is 1. The molecule has 0 atom stereocenters. The number of anilines is 2. The van der Waals surface area contributed by atoms with Crippen LogP contribution in [0.1, 0.15) is 15.9 Å². The molecule has 1 aliphatic heterocycles. The van der Waals surface area contributed by atoms with Crippen LogP contribution in [0.3, 0.4) is 0 Å². The summed E-state index contributed by atoms with van der Waals surface area (Å²) in [4.78, 5) is 14.2. The lowest BCUT2D eigenvalue weighted by molar-refractivity contribution is 0.0342. The number of hydrogen-bond donors (Lipinski definition) is 2. The Labute approximate surface area is 163 Å². The van der Waals surface area contributed by atoms with Crippen LogP contribution in [-0.4, -0.2) is 46.9 Å². The molecule has 3 N–H and O–H groups in total. The van der Waals surface area contributed by atoms with E-state index in [0.717, 1.165) is 44.2 Å². The van der Waals surface area contributed by atoms with Crippen molar-refractivity contribution < 1.29 is 9.53 Å². The number of aromatic nitrogens is 2. The van der Waals surface area contributed by atoms with Crippen molar-refractivity contribution in [3.05, 3.63) is 71.9 Å². The molecule has 1 aliphatic rings. The van der Waals surface area contributed by atoms with Crippen LogP contribution in [0.25, 0.3) is 5.69 Å². The summed E-state index contributed by atoms with van der Waals surface area (Å²) >= 11 is 0. The molecule has 144 valence electrons. The zero-order valence-corrected chi connectivity index (χ0v) is 15.5. The summed E-state index contributed by atoms with van der Waals surface area (Å²) in [6.07, 6.45) is 1.65. The highest BCUT2D eigenvalue weighted by Crippen LogP contribution is 2.22. The van der Waals surface area contributed by atoms with Gasteiger partial charge in [0.15, 0.2) is 5.82 Å². The van der Waals surface area contributed by atoms with Crippen LogP contribution < -0.4 is 11.1 Å². The van der Waals surface area contributed by atoms with E-state index in [9.17, 15) is 4.79 Å². The number of ether oxygens (including phenoxy) is 1. The standard InChI is InChI=1S/C21H23N5O2/c22-20(27)19-15-26(18-4-2-1-3-5-18)24-21(19)23-17-8-6-16(7-9-17)14-25-10-12-28-13-11-25/h1-9,15H,10-14H2,(H2,22,27)(H,23,24). The Bertz CT molecular complexity index is 931. The van der Waals surface area contributed by atoms with Gasteiger partial charge in [0, 0.05) is 31.5 Å². The summed E-state index contributed by atoms with van der Waals surface area (Å²) < 4.78 is 7.04. The van der Waals surface area contributed by atoms with Crippen molar-refractivity contribution in [2.75, 3.05) is 31.6 Å². The number of benzene rings is 2. The zero-order chi connectivity index (χ0) is 19.3. The minimum absolute atomic E-state index is 0.348. The van der Waals surface area contributed by atoms with Crippen LogP contribution in [0.5, 0.6) is 0 Å². The van der Waals surface area contributed by atoms with Crippen molar-refractivity contribution in [1.29, 1.82) is 0 Å². The molecule has 1 saturated heterocycles. The predicted molar refractivity (Wildman–Crippen MR) is 108 cm³/mol. The van der Waals surface area contributed by atoms with Crippen molar-refractivity contribution in [1.82, 2.24) is 14.7 Å². The summed E-state index contributed by atoms with van der Waals surface area (Å²) in [5, 5.41) is 7.70. The van der Waals surface area contributed by atoms with Crippen LogP contribution in [0.4, 0.5) is 11.5 Å². The molecule has 28 heavy (non-hydrogen) atoms. The van der Waals surface area contributed by atoms with Crippen LogP contribution in [-0.2, 0) is 11.3 Å². The molecule has 3 aromatic rings. The summed E-state index contributed by atoms with van der Waals surface area (Å²) in [6.45, 7) is 4.40. The van der Waals surface area contributed by atoms with E-state index in [-0.39, 0.29) is 0 Å². The van der Waals surface area contributed by atoms with E-state index in [1.807, 2.05) is 42.5 Å². The maximum Gasteiger partial charge on any atom is 0.254 e. The molecule has 0 bridgehead atoms. The fourth-order valence-electron chi connectivity index (χ4n) is 3.21. The smallest absolute Gasteiger partial charge is 0.254 e. The van der Waals surface area contributed by atoms with Crippen LogP contribution >= 0.6 is 0 Å². The number of nitrogens with one attached hydrogen (secondary N) is 1. The highest BCUT2D eigenvalue weighted by Gasteiger charge is 2.15. The Morgan fingerprint density at radius 2 is 1.79 bits per heavy atom. The maximum atomic E-state index is 11.8. The fraction of sp³-hybridized carbons (Fsp3) is 0.238. The van der Waals surface area contributed by atoms with Crippen molar-refractivity contribution in [3.8, 4) is 5.69 Å². The van der Waals surface area contributed by atoms with E-state index in [1.165, 1.54) is 5.56 Å². The molecule has 2 heterocycles. The van der Waals surface area contributed by atoms with E-state index in [2.05, 4.69) is 27.4 Å². The van der Waals surface area contributed by atoms with Gasteiger partial charge in [-0.1, -0.05) is 30.3 Å². The Morgan fingerprint density at radius 1 is 1.07 bits per heavy atom. The molecular formula is C21H23N5O2. The largest absolute Gasteiger partial charge is 0.379 e. The first-order valence-electron chi connectivity index (χ1n) is 9.30. The number of amides is 1. The second kappa shape index (κ2) is 8.24. The molecule has 0 radical (unpaired) electrons. The number of carbonyl (C=O) groups excluding carboxylic acids is 1. The summed E-state index contributed by atoms with van der Waals surface area (Å²) in [5.74, 6) is -0.0779. The van der Waals surface area contributed by atoms with Gasteiger partial charge in [-0.15, -0.1) is 5.10 Å². The number of hydrogen-bond acceptors (Lipinski definition) is 5. The van der Waals surface area contributed by atoms with Crippen molar-refractivity contribution >= 4 is 17.4 Å². The maximum absolute atomic E-state index is 11.8. The Balaban J connectivity index is 1.50. The highest BCUT2D eigenvalue weighted by molar-refractivity contribution is 5.98. The van der Waals surface area contributed by atoms with Gasteiger partial charge in [0.05, 0.1) is 18.9 Å².